The van der Waals surface area contributed by atoms with Crippen molar-refractivity contribution in [3.63, 3.8) is 0 Å². The maximum absolute atomic E-state index is 9.93. The molecule has 2 aromatic heterocycles. The third-order valence-corrected chi connectivity index (χ3v) is 7.99. The first-order chi connectivity index (χ1) is 18.0. The Morgan fingerprint density at radius 2 is 1.86 bits per heavy atom. The fourth-order valence-corrected chi connectivity index (χ4v) is 5.84. The van der Waals surface area contributed by atoms with E-state index >= 15 is 0 Å². The summed E-state index contributed by atoms with van der Waals surface area (Å²) in [5.41, 5.74) is 3.29. The Morgan fingerprint density at radius 1 is 1.03 bits per heavy atom. The highest BCUT2D eigenvalue weighted by Crippen LogP contribution is 2.36. The third kappa shape index (κ3) is 5.92. The van der Waals surface area contributed by atoms with Crippen molar-refractivity contribution in [3.05, 3.63) is 48.4 Å². The Hall–Kier alpha value is -2.68. The van der Waals surface area contributed by atoms with Crippen LogP contribution < -0.4 is 9.64 Å². The van der Waals surface area contributed by atoms with E-state index in [0.717, 1.165) is 93.8 Å². The average Bonchev–Trinajstić information content (AvgIpc) is 3.29. The van der Waals surface area contributed by atoms with Crippen molar-refractivity contribution in [2.45, 2.75) is 57.7 Å². The average molecular weight is 507 g/mol. The van der Waals surface area contributed by atoms with Crippen LogP contribution >= 0.6 is 0 Å². The summed E-state index contributed by atoms with van der Waals surface area (Å²) in [5, 5.41) is 16.1. The first-order valence-electron chi connectivity index (χ1n) is 13.9. The van der Waals surface area contributed by atoms with Crippen LogP contribution in [-0.2, 0) is 0 Å². The van der Waals surface area contributed by atoms with Gasteiger partial charge in [-0.15, -0.1) is 0 Å². The van der Waals surface area contributed by atoms with E-state index in [1.54, 1.807) is 7.11 Å². The molecule has 2 fully saturated rings. The summed E-state index contributed by atoms with van der Waals surface area (Å²) in [6.07, 6.45) is 7.75. The van der Waals surface area contributed by atoms with E-state index in [2.05, 4.69) is 63.7 Å². The minimum Gasteiger partial charge on any atom is -0.494 e. The second kappa shape index (κ2) is 11.8. The lowest BCUT2D eigenvalue weighted by atomic mass is 10.0. The summed E-state index contributed by atoms with van der Waals surface area (Å²) in [6.45, 7) is 11.3. The van der Waals surface area contributed by atoms with Gasteiger partial charge in [0.2, 0.25) is 0 Å². The Labute approximate surface area is 220 Å². The molecule has 2 aliphatic heterocycles. The van der Waals surface area contributed by atoms with Crippen LogP contribution in [0.1, 0.15) is 57.3 Å². The normalized spacial score (nSPS) is 19.4. The summed E-state index contributed by atoms with van der Waals surface area (Å²) in [5.74, 6) is 0.888. The molecule has 1 unspecified atom stereocenters. The quantitative estimate of drug-likeness (QED) is 0.493. The topological polar surface area (TPSA) is 69.9 Å². The highest BCUT2D eigenvalue weighted by Gasteiger charge is 2.28. The zero-order chi connectivity index (χ0) is 25.8. The summed E-state index contributed by atoms with van der Waals surface area (Å²) in [4.78, 5) is 12.3. The van der Waals surface area contributed by atoms with Crippen molar-refractivity contribution in [1.82, 2.24) is 24.6 Å². The van der Waals surface area contributed by atoms with Crippen molar-refractivity contribution in [1.29, 1.82) is 0 Å². The van der Waals surface area contributed by atoms with E-state index in [-0.39, 0.29) is 12.1 Å². The molecular weight excluding hydrogens is 464 g/mol. The molecule has 5 rings (SSSR count). The second-order valence-corrected chi connectivity index (χ2v) is 10.8. The Bertz CT molecular complexity index is 1160. The standard InChI is InChI=1S/C29H42N6O2/c1-22(2)35-19-11-25(31-35)26(12-18-32-16-9-24(36)10-17-32)33-14-5-15-34(21-20-33)29-27(37-3)8-7-23-6-4-13-30-28(23)29/h4,6-8,11,13,19,22,24,26,36H,5,9-10,12,14-18,20-21H2,1-3H3. The number of piperidine rings is 1. The van der Waals surface area contributed by atoms with Gasteiger partial charge in [0.05, 0.1) is 30.5 Å². The molecule has 0 spiro atoms. The SMILES string of the molecule is COc1ccc2cccnc2c1N1CCCN(C(CCN2CCC(O)CC2)c2ccn(C(C)C)n2)CC1. The van der Waals surface area contributed by atoms with E-state index in [1.165, 1.54) is 5.69 Å². The van der Waals surface area contributed by atoms with Gasteiger partial charge in [0.25, 0.3) is 0 Å². The minimum absolute atomic E-state index is 0.133. The largest absolute Gasteiger partial charge is 0.494 e. The molecule has 0 radical (unpaired) electrons. The van der Waals surface area contributed by atoms with Gasteiger partial charge in [0, 0.05) is 69.6 Å². The van der Waals surface area contributed by atoms with Gasteiger partial charge in [-0.25, -0.2) is 0 Å². The molecule has 3 aromatic rings. The predicted molar refractivity (Wildman–Crippen MR) is 148 cm³/mol. The van der Waals surface area contributed by atoms with Crippen molar-refractivity contribution < 1.29 is 9.84 Å². The molecule has 1 N–H and O–H groups in total. The molecule has 0 amide bonds. The molecule has 0 aliphatic carbocycles. The van der Waals surface area contributed by atoms with E-state index in [0.29, 0.717) is 6.04 Å². The first kappa shape index (κ1) is 25.9. The number of anilines is 1. The van der Waals surface area contributed by atoms with Crippen molar-refractivity contribution >= 4 is 16.6 Å². The van der Waals surface area contributed by atoms with E-state index < -0.39 is 0 Å². The van der Waals surface area contributed by atoms with Crippen LogP contribution in [0.2, 0.25) is 0 Å². The number of hydrogen-bond acceptors (Lipinski definition) is 7. The third-order valence-electron chi connectivity index (χ3n) is 7.99. The van der Waals surface area contributed by atoms with Gasteiger partial charge < -0.3 is 19.6 Å². The number of methoxy groups -OCH3 is 1. The monoisotopic (exact) mass is 506 g/mol. The number of hydrogen-bond donors (Lipinski definition) is 1. The lowest BCUT2D eigenvalue weighted by Crippen LogP contribution is -2.39. The minimum atomic E-state index is -0.133. The van der Waals surface area contributed by atoms with E-state index in [1.807, 2.05) is 12.3 Å². The van der Waals surface area contributed by atoms with Gasteiger partial charge in [0.15, 0.2) is 0 Å². The molecule has 8 nitrogen and oxygen atoms in total. The van der Waals surface area contributed by atoms with Gasteiger partial charge in [-0.3, -0.25) is 14.6 Å². The number of ether oxygens (including phenoxy) is 1. The molecule has 2 aliphatic rings. The van der Waals surface area contributed by atoms with Gasteiger partial charge in [-0.1, -0.05) is 6.07 Å². The summed E-state index contributed by atoms with van der Waals surface area (Å²) >= 11 is 0. The number of aliphatic hydroxyl groups is 1. The Morgan fingerprint density at radius 3 is 2.62 bits per heavy atom. The smallest absolute Gasteiger partial charge is 0.144 e. The second-order valence-electron chi connectivity index (χ2n) is 10.8. The van der Waals surface area contributed by atoms with Crippen LogP contribution in [-0.4, -0.2) is 88.7 Å². The maximum Gasteiger partial charge on any atom is 0.144 e. The number of benzene rings is 1. The predicted octanol–water partition coefficient (Wildman–Crippen LogP) is 4.12. The van der Waals surface area contributed by atoms with Gasteiger partial charge in [-0.2, -0.15) is 5.10 Å². The molecule has 4 heterocycles. The van der Waals surface area contributed by atoms with Crippen molar-refractivity contribution in [2.75, 3.05) is 57.8 Å². The number of pyridine rings is 1. The lowest BCUT2D eigenvalue weighted by molar-refractivity contribution is 0.0755. The number of fused-ring (bicyclic) bond motifs is 1. The molecular formula is C29H42N6O2. The van der Waals surface area contributed by atoms with E-state index in [4.69, 9.17) is 14.8 Å². The number of rotatable bonds is 8. The fraction of sp³-hybridized carbons (Fsp3) is 0.586. The van der Waals surface area contributed by atoms with Gasteiger partial charge in [-0.05, 0) is 63.8 Å². The zero-order valence-corrected chi connectivity index (χ0v) is 22.6. The molecule has 1 atom stereocenters. The van der Waals surface area contributed by atoms with Crippen LogP contribution in [0.3, 0.4) is 0 Å². The van der Waals surface area contributed by atoms with Crippen LogP contribution in [0.25, 0.3) is 10.9 Å². The summed E-state index contributed by atoms with van der Waals surface area (Å²) in [6, 6.07) is 11.1. The number of aliphatic hydroxyl groups excluding tert-OH is 1. The highest BCUT2D eigenvalue weighted by molar-refractivity contribution is 5.94. The van der Waals surface area contributed by atoms with Crippen LogP contribution in [0, 0.1) is 0 Å². The molecule has 37 heavy (non-hydrogen) atoms. The van der Waals surface area contributed by atoms with Crippen molar-refractivity contribution in [3.8, 4) is 5.75 Å². The number of nitrogens with zero attached hydrogens (tertiary/aromatic N) is 6. The molecule has 0 bridgehead atoms. The number of aromatic nitrogens is 3. The Balaban J connectivity index is 1.35. The zero-order valence-electron chi connectivity index (χ0n) is 22.6. The molecule has 2 saturated heterocycles. The highest BCUT2D eigenvalue weighted by atomic mass is 16.5. The first-order valence-corrected chi connectivity index (χ1v) is 13.9. The molecule has 200 valence electrons. The molecule has 1 aromatic carbocycles. The van der Waals surface area contributed by atoms with Gasteiger partial charge in [0.1, 0.15) is 11.4 Å². The van der Waals surface area contributed by atoms with Crippen molar-refractivity contribution in [2.24, 2.45) is 0 Å². The lowest BCUT2D eigenvalue weighted by Gasteiger charge is -2.34. The van der Waals surface area contributed by atoms with Crippen LogP contribution in [0.15, 0.2) is 42.7 Å². The summed E-state index contributed by atoms with van der Waals surface area (Å²) in [7, 11) is 1.75. The molecule has 0 saturated carbocycles. The maximum atomic E-state index is 9.93. The fourth-order valence-electron chi connectivity index (χ4n) is 5.84. The Kier molecular flexibility index (Phi) is 8.27. The van der Waals surface area contributed by atoms with E-state index in [9.17, 15) is 5.11 Å². The van der Waals surface area contributed by atoms with Crippen LogP contribution in [0.4, 0.5) is 5.69 Å². The summed E-state index contributed by atoms with van der Waals surface area (Å²) < 4.78 is 7.88. The number of likely N-dealkylation sites (tertiary alicyclic amines) is 1. The molecule has 8 heteroatoms. The van der Waals surface area contributed by atoms with Crippen LogP contribution in [0.5, 0.6) is 5.75 Å². The van der Waals surface area contributed by atoms with Gasteiger partial charge >= 0.3 is 0 Å².